The van der Waals surface area contributed by atoms with Gasteiger partial charge in [-0.2, -0.15) is 0 Å². The predicted octanol–water partition coefficient (Wildman–Crippen LogP) is 13.2. The third-order valence-electron chi connectivity index (χ3n) is 10.8. The maximum Gasteiger partial charge on any atom is 0.306 e. The van der Waals surface area contributed by atoms with Crippen molar-refractivity contribution in [2.75, 3.05) is 40.3 Å². The van der Waals surface area contributed by atoms with E-state index in [1.807, 2.05) is 19.0 Å². The van der Waals surface area contributed by atoms with Crippen molar-refractivity contribution in [3.8, 4) is 0 Å². The van der Waals surface area contributed by atoms with Crippen LogP contribution < -0.4 is 0 Å². The van der Waals surface area contributed by atoms with Gasteiger partial charge in [-0.1, -0.05) is 162 Å². The van der Waals surface area contributed by atoms with E-state index in [1.54, 1.807) is 0 Å². The van der Waals surface area contributed by atoms with E-state index in [1.165, 1.54) is 122 Å². The van der Waals surface area contributed by atoms with Crippen LogP contribution in [-0.4, -0.2) is 74.1 Å². The highest BCUT2D eigenvalue weighted by Crippen LogP contribution is 2.19. The van der Waals surface area contributed by atoms with Crippen molar-refractivity contribution in [2.45, 2.75) is 245 Å². The number of nitrogens with zero attached hydrogens (tertiary/aromatic N) is 2. The van der Waals surface area contributed by atoms with Gasteiger partial charge in [0.05, 0.1) is 6.61 Å². The monoisotopic (exact) mass is 765 g/mol. The molecule has 0 spiro atoms. The van der Waals surface area contributed by atoms with Gasteiger partial charge in [0.25, 0.3) is 0 Å². The molecule has 0 N–H and O–H groups in total. The van der Waals surface area contributed by atoms with Crippen LogP contribution in [0.15, 0.2) is 0 Å². The van der Waals surface area contributed by atoms with Crippen LogP contribution in [0.1, 0.15) is 239 Å². The Morgan fingerprint density at radius 3 is 1.30 bits per heavy atom. The average Bonchev–Trinajstić information content (AvgIpc) is 3.15. The molecule has 0 saturated heterocycles. The summed E-state index contributed by atoms with van der Waals surface area (Å²) in [5.41, 5.74) is 0. The molecule has 0 fully saturated rings. The number of esters is 2. The first-order valence-corrected chi connectivity index (χ1v) is 23.6. The Kier molecular flexibility index (Phi) is 39.8. The predicted molar refractivity (Wildman–Crippen MR) is 230 cm³/mol. The Balaban J connectivity index is 4.31. The number of hydrogen-bond acceptors (Lipinski definition) is 6. The van der Waals surface area contributed by atoms with Crippen molar-refractivity contribution in [3.05, 3.63) is 0 Å². The molecular formula is C47H92N2O5. The second-order valence-electron chi connectivity index (χ2n) is 16.5. The minimum atomic E-state index is -0.0807. The minimum absolute atomic E-state index is 0.0123. The summed E-state index contributed by atoms with van der Waals surface area (Å²) in [6.45, 7) is 9.61. The lowest BCUT2D eigenvalue weighted by atomic mass is 10.0. The second-order valence-corrected chi connectivity index (χ2v) is 16.5. The number of unbranched alkanes of at least 4 members (excludes halogenated alkanes) is 24. The van der Waals surface area contributed by atoms with E-state index < -0.39 is 0 Å². The molecule has 0 aromatic rings. The lowest BCUT2D eigenvalue weighted by Gasteiger charge is -2.24. The van der Waals surface area contributed by atoms with Crippen molar-refractivity contribution < 1.29 is 23.9 Å². The average molecular weight is 765 g/mol. The Morgan fingerprint density at radius 1 is 0.426 bits per heavy atom. The third-order valence-corrected chi connectivity index (χ3v) is 10.8. The molecule has 0 aliphatic heterocycles. The first-order chi connectivity index (χ1) is 26.3. The van der Waals surface area contributed by atoms with Crippen LogP contribution in [0, 0.1) is 0 Å². The van der Waals surface area contributed by atoms with Gasteiger partial charge in [-0.3, -0.25) is 14.4 Å². The van der Waals surface area contributed by atoms with E-state index in [9.17, 15) is 14.4 Å². The number of amides is 1. The van der Waals surface area contributed by atoms with Crippen molar-refractivity contribution in [1.82, 2.24) is 9.80 Å². The molecule has 0 atom stereocenters. The summed E-state index contributed by atoms with van der Waals surface area (Å²) >= 11 is 0. The van der Waals surface area contributed by atoms with Crippen molar-refractivity contribution in [1.29, 1.82) is 0 Å². The zero-order valence-corrected chi connectivity index (χ0v) is 36.9. The molecule has 0 aromatic heterocycles. The Morgan fingerprint density at radius 2 is 0.815 bits per heavy atom. The Hall–Kier alpha value is -1.63. The summed E-state index contributed by atoms with van der Waals surface area (Å²) < 4.78 is 11.5. The zero-order chi connectivity index (χ0) is 39.7. The normalized spacial score (nSPS) is 11.5. The van der Waals surface area contributed by atoms with Crippen LogP contribution in [-0.2, 0) is 23.9 Å². The van der Waals surface area contributed by atoms with E-state index in [0.717, 1.165) is 96.7 Å². The maximum absolute atomic E-state index is 13.0. The van der Waals surface area contributed by atoms with Crippen molar-refractivity contribution in [2.24, 2.45) is 0 Å². The summed E-state index contributed by atoms with van der Waals surface area (Å²) in [6.07, 6.45) is 38.0. The van der Waals surface area contributed by atoms with Crippen LogP contribution in [0.5, 0.6) is 0 Å². The van der Waals surface area contributed by atoms with Gasteiger partial charge in [-0.05, 0) is 71.9 Å². The van der Waals surface area contributed by atoms with E-state index in [2.05, 4.69) is 25.7 Å². The van der Waals surface area contributed by atoms with Crippen molar-refractivity contribution in [3.63, 3.8) is 0 Å². The molecule has 320 valence electrons. The maximum atomic E-state index is 13.0. The summed E-state index contributed by atoms with van der Waals surface area (Å²) in [5, 5.41) is 0. The third kappa shape index (κ3) is 37.3. The fourth-order valence-corrected chi connectivity index (χ4v) is 7.17. The zero-order valence-electron chi connectivity index (χ0n) is 36.9. The topological polar surface area (TPSA) is 76.1 Å². The highest BCUT2D eigenvalue weighted by Gasteiger charge is 2.16. The van der Waals surface area contributed by atoms with Crippen LogP contribution in [0.25, 0.3) is 0 Å². The quantitative estimate of drug-likeness (QED) is 0.0455. The van der Waals surface area contributed by atoms with Crippen LogP contribution >= 0.6 is 0 Å². The second kappa shape index (κ2) is 41.0. The first-order valence-electron chi connectivity index (χ1n) is 23.6. The van der Waals surface area contributed by atoms with Crippen molar-refractivity contribution >= 4 is 17.8 Å². The molecule has 54 heavy (non-hydrogen) atoms. The molecule has 0 aliphatic rings. The fraction of sp³-hybridized carbons (Fsp3) is 0.936. The summed E-state index contributed by atoms with van der Waals surface area (Å²) in [5.74, 6) is 0.132. The fourth-order valence-electron chi connectivity index (χ4n) is 7.17. The van der Waals surface area contributed by atoms with Gasteiger partial charge in [-0.15, -0.1) is 0 Å². The van der Waals surface area contributed by atoms with Gasteiger partial charge in [0.15, 0.2) is 0 Å². The SMILES string of the molecule is CCCCCCCCCCCOC(=O)CCCCCN(CCCCCCCC(=O)OC(CCCCCCCC)CCCCCCCC)C(=O)CCN(C)C. The standard InChI is InChI=1S/C47H92N2O5/c1-6-9-12-15-18-19-20-26-34-43-53-46(51)37-31-27-33-41-49(45(50)39-42-48(4)5)40-32-25-21-24-30-38-47(52)54-44(35-28-22-16-13-10-7-2)36-29-23-17-14-11-8-3/h44H,6-43H2,1-5H3. The van der Waals surface area contributed by atoms with Gasteiger partial charge in [0.2, 0.25) is 5.91 Å². The Bertz CT molecular complexity index is 819. The van der Waals surface area contributed by atoms with E-state index in [0.29, 0.717) is 25.9 Å². The highest BCUT2D eigenvalue weighted by molar-refractivity contribution is 5.76. The molecule has 0 rings (SSSR count). The number of carbonyl (C=O) groups excluding carboxylic acids is 3. The highest BCUT2D eigenvalue weighted by atomic mass is 16.5. The number of rotatable bonds is 42. The molecule has 0 aliphatic carbocycles. The molecule has 7 heteroatoms. The van der Waals surface area contributed by atoms with Gasteiger partial charge < -0.3 is 19.3 Å². The first kappa shape index (κ1) is 52.4. The minimum Gasteiger partial charge on any atom is -0.466 e. The lowest BCUT2D eigenvalue weighted by Crippen LogP contribution is -2.34. The molecular weight excluding hydrogens is 673 g/mol. The molecule has 0 radical (unpaired) electrons. The molecule has 0 unspecified atom stereocenters. The summed E-state index contributed by atoms with van der Waals surface area (Å²) in [6, 6.07) is 0. The van der Waals surface area contributed by atoms with Gasteiger partial charge in [-0.25, -0.2) is 0 Å². The Labute approximate surface area is 336 Å². The number of carbonyl (C=O) groups is 3. The van der Waals surface area contributed by atoms with Gasteiger partial charge >= 0.3 is 11.9 Å². The van der Waals surface area contributed by atoms with E-state index in [-0.39, 0.29) is 23.9 Å². The van der Waals surface area contributed by atoms with Gasteiger partial charge in [0.1, 0.15) is 6.10 Å². The molecule has 0 bridgehead atoms. The van der Waals surface area contributed by atoms with Crippen LogP contribution in [0.2, 0.25) is 0 Å². The van der Waals surface area contributed by atoms with E-state index in [4.69, 9.17) is 9.47 Å². The molecule has 1 amide bonds. The van der Waals surface area contributed by atoms with E-state index >= 15 is 0 Å². The van der Waals surface area contributed by atoms with Crippen LogP contribution in [0.3, 0.4) is 0 Å². The summed E-state index contributed by atoms with van der Waals surface area (Å²) in [7, 11) is 4.01. The lowest BCUT2D eigenvalue weighted by molar-refractivity contribution is -0.150. The number of ether oxygens (including phenoxy) is 2. The molecule has 7 nitrogen and oxygen atoms in total. The smallest absolute Gasteiger partial charge is 0.306 e. The van der Waals surface area contributed by atoms with Gasteiger partial charge in [0, 0.05) is 38.9 Å². The summed E-state index contributed by atoms with van der Waals surface area (Å²) in [4.78, 5) is 42.1. The molecule has 0 heterocycles. The van der Waals surface area contributed by atoms with Crippen LogP contribution in [0.4, 0.5) is 0 Å². The number of hydrogen-bond donors (Lipinski definition) is 0. The molecule has 0 saturated carbocycles. The largest absolute Gasteiger partial charge is 0.466 e. The molecule has 0 aromatic carbocycles.